The Labute approximate surface area is 134 Å². The lowest BCUT2D eigenvalue weighted by molar-refractivity contribution is -0.142. The molecule has 2 N–H and O–H groups in total. The molecular formula is C16H19N3O4. The fraction of sp³-hybridized carbons (Fsp3) is 0.375. The van der Waals surface area contributed by atoms with Gasteiger partial charge in [-0.05, 0) is 26.0 Å². The van der Waals surface area contributed by atoms with Gasteiger partial charge in [-0.2, -0.15) is 5.10 Å². The van der Waals surface area contributed by atoms with E-state index in [0.717, 1.165) is 0 Å². The normalized spacial score (nSPS) is 17.2. The van der Waals surface area contributed by atoms with Gasteiger partial charge in [-0.1, -0.05) is 18.2 Å². The summed E-state index contributed by atoms with van der Waals surface area (Å²) in [4.78, 5) is 35.2. The van der Waals surface area contributed by atoms with E-state index in [9.17, 15) is 14.4 Å². The zero-order valence-electron chi connectivity index (χ0n) is 13.0. The minimum absolute atomic E-state index is 0.181. The first-order valence-electron chi connectivity index (χ1n) is 7.39. The highest BCUT2D eigenvalue weighted by molar-refractivity contribution is 6.40. The molecule has 0 bridgehead atoms. The molecule has 7 nitrogen and oxygen atoms in total. The van der Waals surface area contributed by atoms with E-state index < -0.39 is 23.8 Å². The smallest absolute Gasteiger partial charge is 0.308 e. The van der Waals surface area contributed by atoms with Gasteiger partial charge in [-0.25, -0.2) is 5.01 Å². The first-order chi connectivity index (χ1) is 10.9. The number of nitrogens with one attached hydrogen (secondary N) is 1. The summed E-state index contributed by atoms with van der Waals surface area (Å²) in [7, 11) is 0. The molecule has 2 amide bonds. The van der Waals surface area contributed by atoms with Gasteiger partial charge >= 0.3 is 5.97 Å². The van der Waals surface area contributed by atoms with E-state index in [1.165, 1.54) is 11.9 Å². The first-order valence-corrected chi connectivity index (χ1v) is 7.39. The maximum atomic E-state index is 12.2. The fourth-order valence-corrected chi connectivity index (χ4v) is 2.12. The third-order valence-corrected chi connectivity index (χ3v) is 3.79. The molecule has 7 heteroatoms. The molecule has 0 saturated carbocycles. The molecule has 0 saturated heterocycles. The van der Waals surface area contributed by atoms with E-state index in [1.54, 1.807) is 31.2 Å². The van der Waals surface area contributed by atoms with Crippen LogP contribution in [0.1, 0.15) is 26.7 Å². The Morgan fingerprint density at radius 2 is 1.87 bits per heavy atom. The van der Waals surface area contributed by atoms with Crippen LogP contribution >= 0.6 is 0 Å². The van der Waals surface area contributed by atoms with Crippen molar-refractivity contribution in [3.8, 4) is 0 Å². The van der Waals surface area contributed by atoms with Crippen LogP contribution in [0.15, 0.2) is 35.4 Å². The molecule has 2 atom stereocenters. The zero-order chi connectivity index (χ0) is 17.0. The molecule has 1 heterocycles. The third-order valence-electron chi connectivity index (χ3n) is 3.79. The average Bonchev–Trinajstić information content (AvgIpc) is 2.55. The molecule has 23 heavy (non-hydrogen) atoms. The van der Waals surface area contributed by atoms with E-state index in [1.807, 2.05) is 6.07 Å². The van der Waals surface area contributed by atoms with Gasteiger partial charge in [0.25, 0.3) is 5.91 Å². The van der Waals surface area contributed by atoms with E-state index in [4.69, 9.17) is 5.11 Å². The van der Waals surface area contributed by atoms with Crippen molar-refractivity contribution in [2.24, 2.45) is 11.0 Å². The van der Waals surface area contributed by atoms with Crippen molar-refractivity contribution >= 4 is 29.2 Å². The van der Waals surface area contributed by atoms with Gasteiger partial charge in [0.1, 0.15) is 5.71 Å². The van der Waals surface area contributed by atoms with Gasteiger partial charge in [-0.15, -0.1) is 0 Å². The Kier molecular flexibility index (Phi) is 5.10. The van der Waals surface area contributed by atoms with Gasteiger partial charge in [0.15, 0.2) is 0 Å². The van der Waals surface area contributed by atoms with Gasteiger partial charge < -0.3 is 10.4 Å². The summed E-state index contributed by atoms with van der Waals surface area (Å²) < 4.78 is 0. The molecule has 1 aromatic carbocycles. The van der Waals surface area contributed by atoms with Crippen LogP contribution < -0.4 is 10.3 Å². The van der Waals surface area contributed by atoms with Crippen LogP contribution in [-0.2, 0) is 14.4 Å². The number of amides is 2. The lowest BCUT2D eigenvalue weighted by atomic mass is 10.0. The van der Waals surface area contributed by atoms with Crippen LogP contribution in [0.3, 0.4) is 0 Å². The minimum atomic E-state index is -0.982. The summed E-state index contributed by atoms with van der Waals surface area (Å²) >= 11 is 0. The zero-order valence-corrected chi connectivity index (χ0v) is 13.0. The number of carboxylic acids is 1. The highest BCUT2D eigenvalue weighted by Crippen LogP contribution is 2.19. The van der Waals surface area contributed by atoms with Crippen LogP contribution in [-0.4, -0.2) is 34.6 Å². The SMILES string of the molecule is CC(NC(=O)C1=NN(c2ccccc2)C(=O)CC1)C(C)C(=O)O. The topological polar surface area (TPSA) is 99.1 Å². The maximum absolute atomic E-state index is 12.2. The third kappa shape index (κ3) is 3.94. The largest absolute Gasteiger partial charge is 0.481 e. The molecule has 0 radical (unpaired) electrons. The quantitative estimate of drug-likeness (QED) is 0.857. The first kappa shape index (κ1) is 16.7. The highest BCUT2D eigenvalue weighted by Gasteiger charge is 2.28. The maximum Gasteiger partial charge on any atom is 0.308 e. The number of rotatable bonds is 5. The van der Waals surface area contributed by atoms with Crippen molar-refractivity contribution in [1.29, 1.82) is 0 Å². The second-order valence-electron chi connectivity index (χ2n) is 5.48. The predicted molar refractivity (Wildman–Crippen MR) is 85.0 cm³/mol. The summed E-state index contributed by atoms with van der Waals surface area (Å²) in [5.74, 6) is -2.32. The summed E-state index contributed by atoms with van der Waals surface area (Å²) in [5.41, 5.74) is 0.812. The van der Waals surface area contributed by atoms with Crippen molar-refractivity contribution in [1.82, 2.24) is 5.32 Å². The number of carbonyl (C=O) groups excluding carboxylic acids is 2. The van der Waals surface area contributed by atoms with Gasteiger partial charge in [-0.3, -0.25) is 14.4 Å². The molecule has 1 aliphatic rings. The second kappa shape index (κ2) is 7.04. The molecule has 0 fully saturated rings. The number of carbonyl (C=O) groups is 3. The summed E-state index contributed by atoms with van der Waals surface area (Å²) in [5, 5.41) is 16.9. The number of para-hydroxylation sites is 1. The van der Waals surface area contributed by atoms with Crippen molar-refractivity contribution in [3.05, 3.63) is 30.3 Å². The standard InChI is InChI=1S/C16H19N3O4/c1-10(16(22)23)11(2)17-15(21)13-8-9-14(20)19(18-13)12-6-4-3-5-7-12/h3-7,10-11H,8-9H2,1-2H3,(H,17,21)(H,22,23). The number of anilines is 1. The van der Waals surface area contributed by atoms with E-state index in [0.29, 0.717) is 5.69 Å². The van der Waals surface area contributed by atoms with E-state index >= 15 is 0 Å². The Hall–Kier alpha value is -2.70. The van der Waals surface area contributed by atoms with Crippen molar-refractivity contribution < 1.29 is 19.5 Å². The van der Waals surface area contributed by atoms with Gasteiger partial charge in [0, 0.05) is 18.9 Å². The number of aliphatic carboxylic acids is 1. The lowest BCUT2D eigenvalue weighted by Gasteiger charge is -2.24. The summed E-state index contributed by atoms with van der Waals surface area (Å²) in [6.45, 7) is 3.15. The highest BCUT2D eigenvalue weighted by atomic mass is 16.4. The number of nitrogens with zero attached hydrogens (tertiary/aromatic N) is 2. The number of benzene rings is 1. The van der Waals surface area contributed by atoms with Crippen LogP contribution in [0.5, 0.6) is 0 Å². The molecule has 1 aliphatic heterocycles. The van der Waals surface area contributed by atoms with E-state index in [2.05, 4.69) is 10.4 Å². The van der Waals surface area contributed by atoms with Crippen LogP contribution in [0.25, 0.3) is 0 Å². The predicted octanol–water partition coefficient (Wildman–Crippen LogP) is 1.39. The van der Waals surface area contributed by atoms with Gasteiger partial charge in [0.05, 0.1) is 11.6 Å². The molecular weight excluding hydrogens is 298 g/mol. The monoisotopic (exact) mass is 317 g/mol. The van der Waals surface area contributed by atoms with Crippen LogP contribution in [0, 0.1) is 5.92 Å². The number of carboxylic acid groups (broad SMARTS) is 1. The number of hydrazone groups is 1. The molecule has 2 rings (SSSR count). The molecule has 2 unspecified atom stereocenters. The Bertz CT molecular complexity index is 642. The molecule has 1 aromatic rings. The molecule has 0 aromatic heterocycles. The van der Waals surface area contributed by atoms with Crippen molar-refractivity contribution in [3.63, 3.8) is 0 Å². The minimum Gasteiger partial charge on any atom is -0.481 e. The Morgan fingerprint density at radius 3 is 2.48 bits per heavy atom. The number of hydrogen-bond acceptors (Lipinski definition) is 4. The molecule has 0 aliphatic carbocycles. The fourth-order valence-electron chi connectivity index (χ4n) is 2.12. The lowest BCUT2D eigenvalue weighted by Crippen LogP contribution is -2.45. The summed E-state index contributed by atoms with van der Waals surface area (Å²) in [6.07, 6.45) is 0.423. The Balaban J connectivity index is 2.14. The van der Waals surface area contributed by atoms with Crippen LogP contribution in [0.4, 0.5) is 5.69 Å². The molecule has 0 spiro atoms. The summed E-state index contributed by atoms with van der Waals surface area (Å²) in [6, 6.07) is 8.32. The second-order valence-corrected chi connectivity index (χ2v) is 5.48. The van der Waals surface area contributed by atoms with E-state index in [-0.39, 0.29) is 24.5 Å². The van der Waals surface area contributed by atoms with Gasteiger partial charge in [0.2, 0.25) is 5.91 Å². The van der Waals surface area contributed by atoms with Crippen molar-refractivity contribution in [2.45, 2.75) is 32.7 Å². The van der Waals surface area contributed by atoms with Crippen LogP contribution in [0.2, 0.25) is 0 Å². The number of hydrogen-bond donors (Lipinski definition) is 2. The van der Waals surface area contributed by atoms with Crippen molar-refractivity contribution in [2.75, 3.05) is 5.01 Å². The Morgan fingerprint density at radius 1 is 1.22 bits per heavy atom. The molecule has 122 valence electrons. The average molecular weight is 317 g/mol.